The summed E-state index contributed by atoms with van der Waals surface area (Å²) >= 11 is 0. The Morgan fingerprint density at radius 1 is 1.17 bits per heavy atom. The fourth-order valence-electron chi connectivity index (χ4n) is 5.66. The fourth-order valence-corrected chi connectivity index (χ4v) is 7.23. The highest BCUT2D eigenvalue weighted by molar-refractivity contribution is 7.89. The van der Waals surface area contributed by atoms with Crippen LogP contribution in [0, 0.1) is 16.7 Å². The maximum Gasteiger partial charge on any atom is 0.407 e. The average molecular weight is 602 g/mol. The van der Waals surface area contributed by atoms with E-state index in [2.05, 4.69) is 6.07 Å². The molecule has 1 aliphatic heterocycles. The number of carboxylic acid groups (broad SMARTS) is 1. The predicted molar refractivity (Wildman–Crippen MR) is 159 cm³/mol. The van der Waals surface area contributed by atoms with Crippen molar-refractivity contribution in [3.05, 3.63) is 60.2 Å². The van der Waals surface area contributed by atoms with Crippen molar-refractivity contribution in [2.24, 2.45) is 5.41 Å². The van der Waals surface area contributed by atoms with E-state index in [0.29, 0.717) is 38.0 Å². The van der Waals surface area contributed by atoms with E-state index < -0.39 is 39.7 Å². The van der Waals surface area contributed by atoms with E-state index in [4.69, 9.17) is 9.47 Å². The van der Waals surface area contributed by atoms with E-state index in [-0.39, 0.29) is 37.4 Å². The number of aliphatic hydroxyl groups is 1. The van der Waals surface area contributed by atoms with Gasteiger partial charge in [-0.25, -0.2) is 13.2 Å². The van der Waals surface area contributed by atoms with Crippen molar-refractivity contribution in [1.82, 2.24) is 9.21 Å². The number of aliphatic hydroxyl groups excluding tert-OH is 1. The van der Waals surface area contributed by atoms with Crippen molar-refractivity contribution in [1.29, 1.82) is 5.26 Å². The third kappa shape index (κ3) is 8.22. The van der Waals surface area contributed by atoms with Crippen LogP contribution in [0.1, 0.15) is 51.5 Å². The monoisotopic (exact) mass is 601 g/mol. The van der Waals surface area contributed by atoms with Crippen LogP contribution in [0.15, 0.2) is 59.5 Å². The molecule has 0 aliphatic carbocycles. The van der Waals surface area contributed by atoms with Crippen molar-refractivity contribution in [3.8, 4) is 11.8 Å². The molecule has 3 rings (SSSR count). The molecular weight excluding hydrogens is 558 g/mol. The van der Waals surface area contributed by atoms with E-state index in [1.165, 1.54) is 28.4 Å². The molecule has 0 bridgehead atoms. The molecule has 1 aliphatic rings. The number of ether oxygens (including phenoxy) is 2. The lowest BCUT2D eigenvalue weighted by atomic mass is 9.78. The summed E-state index contributed by atoms with van der Waals surface area (Å²) in [5.41, 5.74) is 0.317. The van der Waals surface area contributed by atoms with Crippen LogP contribution in [0.4, 0.5) is 4.79 Å². The lowest BCUT2D eigenvalue weighted by molar-refractivity contribution is 0.0128. The number of amides is 1. The summed E-state index contributed by atoms with van der Waals surface area (Å²) in [7, 11) is -2.63. The van der Waals surface area contributed by atoms with Gasteiger partial charge < -0.3 is 19.7 Å². The van der Waals surface area contributed by atoms with Crippen LogP contribution in [-0.4, -0.2) is 85.5 Å². The molecule has 0 radical (unpaired) electrons. The summed E-state index contributed by atoms with van der Waals surface area (Å²) in [4.78, 5) is 13.9. The second kappa shape index (κ2) is 15.3. The zero-order valence-corrected chi connectivity index (χ0v) is 25.5. The molecule has 10 nitrogen and oxygen atoms in total. The van der Waals surface area contributed by atoms with Gasteiger partial charge in [0.2, 0.25) is 10.0 Å². The van der Waals surface area contributed by atoms with Crippen LogP contribution in [0.25, 0.3) is 0 Å². The molecule has 1 heterocycles. The quantitative estimate of drug-likeness (QED) is 0.286. The van der Waals surface area contributed by atoms with Gasteiger partial charge in [-0.05, 0) is 67.3 Å². The molecule has 0 unspecified atom stereocenters. The summed E-state index contributed by atoms with van der Waals surface area (Å²) in [6.07, 6.45) is 0.163. The molecule has 42 heavy (non-hydrogen) atoms. The van der Waals surface area contributed by atoms with Gasteiger partial charge in [-0.1, -0.05) is 44.2 Å². The lowest BCUT2D eigenvalue weighted by Crippen LogP contribution is -2.56. The molecule has 1 amide bonds. The van der Waals surface area contributed by atoms with Gasteiger partial charge in [-0.15, -0.1) is 0 Å². The van der Waals surface area contributed by atoms with Gasteiger partial charge in [-0.2, -0.15) is 9.57 Å². The number of nitrogens with zero attached hydrogens (tertiary/aromatic N) is 3. The summed E-state index contributed by atoms with van der Waals surface area (Å²) in [5.74, 6) is 0.504. The first-order valence-corrected chi connectivity index (χ1v) is 15.9. The Morgan fingerprint density at radius 3 is 2.36 bits per heavy atom. The molecule has 11 heteroatoms. The highest BCUT2D eigenvalue weighted by Gasteiger charge is 2.41. The number of carbonyl (C=O) groups is 1. The number of rotatable bonds is 16. The summed E-state index contributed by atoms with van der Waals surface area (Å²) in [6, 6.07) is 16.1. The number of benzene rings is 2. The molecule has 0 aromatic heterocycles. The molecule has 3 atom stereocenters. The summed E-state index contributed by atoms with van der Waals surface area (Å²) in [6.45, 7) is 4.32. The largest absolute Gasteiger partial charge is 0.497 e. The second-order valence-electron chi connectivity index (χ2n) is 10.9. The highest BCUT2D eigenvalue weighted by Crippen LogP contribution is 2.35. The van der Waals surface area contributed by atoms with Gasteiger partial charge in [0.1, 0.15) is 5.75 Å². The number of methoxy groups -OCH3 is 1. The first-order valence-electron chi connectivity index (χ1n) is 14.4. The number of hydrogen-bond acceptors (Lipinski definition) is 7. The van der Waals surface area contributed by atoms with E-state index >= 15 is 0 Å². The van der Waals surface area contributed by atoms with Gasteiger partial charge in [0.05, 0.1) is 42.9 Å². The zero-order valence-electron chi connectivity index (χ0n) is 24.7. The SMILES string of the molecule is CCC(CC)(CCC#N)CN(C[C@@H](O)[C@H](Cc1ccccc1)N(C(=O)O)[C@H]1CCOC1)S(=O)(=O)c1ccc(OC)cc1. The zero-order chi connectivity index (χ0) is 30.8. The van der Waals surface area contributed by atoms with Crippen molar-refractivity contribution in [2.45, 2.75) is 75.5 Å². The van der Waals surface area contributed by atoms with Crippen LogP contribution >= 0.6 is 0 Å². The van der Waals surface area contributed by atoms with Gasteiger partial charge in [0.25, 0.3) is 0 Å². The Morgan fingerprint density at radius 2 is 1.83 bits per heavy atom. The van der Waals surface area contributed by atoms with E-state index in [0.717, 1.165) is 5.56 Å². The second-order valence-corrected chi connectivity index (χ2v) is 12.8. The Kier molecular flexibility index (Phi) is 12.2. The third-order valence-electron chi connectivity index (χ3n) is 8.48. The minimum atomic E-state index is -4.13. The van der Waals surface area contributed by atoms with E-state index in [9.17, 15) is 28.7 Å². The topological polar surface area (TPSA) is 140 Å². The fraction of sp³-hybridized carbons (Fsp3) is 0.548. The van der Waals surface area contributed by atoms with E-state index in [1.54, 1.807) is 12.1 Å². The van der Waals surface area contributed by atoms with Gasteiger partial charge in [-0.3, -0.25) is 4.90 Å². The van der Waals surface area contributed by atoms with Crippen LogP contribution in [0.2, 0.25) is 0 Å². The minimum Gasteiger partial charge on any atom is -0.497 e. The van der Waals surface area contributed by atoms with Crippen LogP contribution in [0.5, 0.6) is 5.75 Å². The molecule has 1 saturated heterocycles. The van der Waals surface area contributed by atoms with Crippen LogP contribution < -0.4 is 4.74 Å². The summed E-state index contributed by atoms with van der Waals surface area (Å²) < 4.78 is 40.3. The Labute approximate surface area is 249 Å². The first kappa shape index (κ1) is 33.3. The maximum atomic E-state index is 14.2. The first-order chi connectivity index (χ1) is 20.1. The molecule has 2 aromatic rings. The number of nitriles is 1. The Hall–Kier alpha value is -3.17. The predicted octanol–water partition coefficient (Wildman–Crippen LogP) is 4.54. The third-order valence-corrected chi connectivity index (χ3v) is 10.3. The molecule has 2 N–H and O–H groups in total. The smallest absolute Gasteiger partial charge is 0.407 e. The summed E-state index contributed by atoms with van der Waals surface area (Å²) in [5, 5.41) is 31.4. The van der Waals surface area contributed by atoms with Gasteiger partial charge in [0.15, 0.2) is 0 Å². The Bertz CT molecular complexity index is 1270. The lowest BCUT2D eigenvalue weighted by Gasteiger charge is -2.40. The van der Waals surface area contributed by atoms with Crippen molar-refractivity contribution >= 4 is 16.1 Å². The Balaban J connectivity index is 2.05. The molecule has 230 valence electrons. The van der Waals surface area contributed by atoms with Crippen molar-refractivity contribution < 1.29 is 32.9 Å². The number of hydrogen-bond donors (Lipinski definition) is 2. The van der Waals surface area contributed by atoms with Gasteiger partial charge >= 0.3 is 6.09 Å². The number of sulfonamides is 1. The van der Waals surface area contributed by atoms with E-state index in [1.807, 2.05) is 44.2 Å². The standard InChI is InChI=1S/C31H43N3O7S/c1-4-31(5-2,17-9-18-32)23-33(42(38,39)27-14-12-26(40-3)13-15-27)21-29(35)28(20-24-10-7-6-8-11-24)34(30(36)37)25-16-19-41-22-25/h6-8,10-15,25,28-29,35H,4-5,9,16-17,19-23H2,1-3H3,(H,36,37)/t25-,28-,29+/m0/s1. The van der Waals surface area contributed by atoms with Gasteiger partial charge in [0, 0.05) is 26.1 Å². The van der Waals surface area contributed by atoms with Crippen molar-refractivity contribution in [3.63, 3.8) is 0 Å². The maximum absolute atomic E-state index is 14.2. The molecular formula is C31H43N3O7S. The molecule has 2 aromatic carbocycles. The molecule has 0 spiro atoms. The average Bonchev–Trinajstić information content (AvgIpc) is 3.53. The minimum absolute atomic E-state index is 0.0378. The molecule has 0 saturated carbocycles. The normalized spacial score (nSPS) is 17.0. The molecule has 1 fully saturated rings. The van der Waals surface area contributed by atoms with Crippen LogP contribution in [-0.2, 0) is 21.2 Å². The highest BCUT2D eigenvalue weighted by atomic mass is 32.2. The van der Waals surface area contributed by atoms with Crippen LogP contribution in [0.3, 0.4) is 0 Å². The van der Waals surface area contributed by atoms with Crippen molar-refractivity contribution in [2.75, 3.05) is 33.4 Å².